The zero-order valence-corrected chi connectivity index (χ0v) is 16.0. The summed E-state index contributed by atoms with van der Waals surface area (Å²) in [5, 5.41) is 0. The summed E-state index contributed by atoms with van der Waals surface area (Å²) < 4.78 is 0. The maximum Gasteiger partial charge on any atom is 0.180 e. The Morgan fingerprint density at radius 3 is 1.86 bits per heavy atom. The summed E-state index contributed by atoms with van der Waals surface area (Å²) in [4.78, 5) is 29.7. The Bertz CT molecular complexity index is 1070. The van der Waals surface area contributed by atoms with Gasteiger partial charge < -0.3 is 4.90 Å². The molecule has 1 spiro atoms. The maximum absolute atomic E-state index is 13.8. The van der Waals surface area contributed by atoms with Crippen molar-refractivity contribution in [3.8, 4) is 0 Å². The first-order chi connectivity index (χ1) is 14.2. The number of benzene rings is 3. The van der Waals surface area contributed by atoms with Crippen LogP contribution < -0.4 is 4.90 Å². The Morgan fingerprint density at radius 2 is 1.31 bits per heavy atom. The van der Waals surface area contributed by atoms with E-state index in [9.17, 15) is 9.59 Å². The van der Waals surface area contributed by atoms with Gasteiger partial charge in [-0.25, -0.2) is 0 Å². The highest BCUT2D eigenvalue weighted by Crippen LogP contribution is 2.58. The molecule has 0 radical (unpaired) electrons. The van der Waals surface area contributed by atoms with Crippen LogP contribution in [0.2, 0.25) is 0 Å². The molecule has 1 saturated heterocycles. The molecule has 0 saturated carbocycles. The molecule has 0 N–H and O–H groups in total. The molecule has 3 heteroatoms. The highest BCUT2D eigenvalue weighted by molar-refractivity contribution is 6.30. The molecular weight excluding hydrogens is 358 g/mol. The zero-order chi connectivity index (χ0) is 20.0. The maximum atomic E-state index is 13.8. The van der Waals surface area contributed by atoms with Gasteiger partial charge in [-0.15, -0.1) is 6.58 Å². The average Bonchev–Trinajstić information content (AvgIpc) is 3.24. The van der Waals surface area contributed by atoms with Gasteiger partial charge in [-0.05, 0) is 24.1 Å². The number of para-hydroxylation sites is 1. The van der Waals surface area contributed by atoms with Gasteiger partial charge in [0.25, 0.3) is 0 Å². The molecule has 29 heavy (non-hydrogen) atoms. The Kier molecular flexibility index (Phi) is 3.99. The standard InChI is InChI=1S/C26H21NO2/c1-2-19-17-26(24(28)21-15-9-10-16-22(21)25(26)29)23(18-11-5-3-6-12-18)27(19)20-13-7-4-8-14-20/h2-16,19,23H,1,17H2/t19-,23-/m0/s1. The molecule has 142 valence electrons. The van der Waals surface area contributed by atoms with Crippen molar-refractivity contribution in [3.05, 3.63) is 114 Å². The van der Waals surface area contributed by atoms with Crippen LogP contribution in [0.4, 0.5) is 5.69 Å². The van der Waals surface area contributed by atoms with Gasteiger partial charge in [0.15, 0.2) is 11.6 Å². The van der Waals surface area contributed by atoms with Gasteiger partial charge in [-0.1, -0.05) is 78.9 Å². The number of Topliss-reactive ketones (excluding diaryl/α,β-unsaturated/α-hetero) is 2. The van der Waals surface area contributed by atoms with Crippen LogP contribution in [-0.2, 0) is 0 Å². The van der Waals surface area contributed by atoms with Crippen LogP contribution >= 0.6 is 0 Å². The molecule has 1 fully saturated rings. The molecule has 0 unspecified atom stereocenters. The number of hydrogen-bond donors (Lipinski definition) is 0. The first kappa shape index (κ1) is 17.6. The topological polar surface area (TPSA) is 37.4 Å². The van der Waals surface area contributed by atoms with Crippen molar-refractivity contribution in [1.29, 1.82) is 0 Å². The fourth-order valence-electron chi connectivity index (χ4n) is 5.08. The lowest BCUT2D eigenvalue weighted by Crippen LogP contribution is -2.40. The Hall–Kier alpha value is -3.46. The van der Waals surface area contributed by atoms with Crippen molar-refractivity contribution in [2.45, 2.75) is 18.5 Å². The smallest absolute Gasteiger partial charge is 0.180 e. The van der Waals surface area contributed by atoms with E-state index in [0.717, 1.165) is 11.3 Å². The van der Waals surface area contributed by atoms with Crippen molar-refractivity contribution in [2.24, 2.45) is 5.41 Å². The van der Waals surface area contributed by atoms with E-state index in [1.165, 1.54) is 0 Å². The average molecular weight is 379 g/mol. The van der Waals surface area contributed by atoms with Crippen molar-refractivity contribution < 1.29 is 9.59 Å². The summed E-state index contributed by atoms with van der Waals surface area (Å²) in [6.07, 6.45) is 2.29. The molecule has 0 bridgehead atoms. The fourth-order valence-corrected chi connectivity index (χ4v) is 5.08. The fraction of sp³-hybridized carbons (Fsp3) is 0.154. The van der Waals surface area contributed by atoms with Crippen LogP contribution in [-0.4, -0.2) is 17.6 Å². The predicted molar refractivity (Wildman–Crippen MR) is 114 cm³/mol. The molecule has 5 rings (SSSR count). The van der Waals surface area contributed by atoms with E-state index in [2.05, 4.69) is 11.5 Å². The summed E-state index contributed by atoms with van der Waals surface area (Å²) in [5.41, 5.74) is 1.89. The highest BCUT2D eigenvalue weighted by atomic mass is 16.2. The first-order valence-electron chi connectivity index (χ1n) is 9.88. The highest BCUT2D eigenvalue weighted by Gasteiger charge is 2.64. The zero-order valence-electron chi connectivity index (χ0n) is 16.0. The Balaban J connectivity index is 1.77. The molecule has 1 heterocycles. The lowest BCUT2D eigenvalue weighted by molar-refractivity contribution is 0.0679. The third-order valence-electron chi connectivity index (χ3n) is 6.30. The molecule has 3 aromatic carbocycles. The number of carbonyl (C=O) groups is 2. The Labute approximate surface area is 170 Å². The predicted octanol–water partition coefficient (Wildman–Crippen LogP) is 5.26. The molecule has 1 aliphatic carbocycles. The van der Waals surface area contributed by atoms with Gasteiger partial charge in [0.05, 0.1) is 6.04 Å². The van der Waals surface area contributed by atoms with Crippen LogP contribution in [0, 0.1) is 5.41 Å². The normalized spacial score (nSPS) is 22.1. The first-order valence-corrected chi connectivity index (χ1v) is 9.88. The number of carbonyl (C=O) groups excluding carboxylic acids is 2. The van der Waals surface area contributed by atoms with Gasteiger partial charge >= 0.3 is 0 Å². The minimum absolute atomic E-state index is 0.0720. The minimum Gasteiger partial charge on any atom is -0.356 e. The molecular formula is C26H21NO2. The number of rotatable bonds is 3. The SMILES string of the molecule is C=C[C@H]1CC2(C(=O)c3ccccc3C2=O)[C@H](c2ccccc2)N1c1ccccc1. The third kappa shape index (κ3) is 2.37. The van der Waals surface area contributed by atoms with Crippen LogP contribution in [0.5, 0.6) is 0 Å². The number of nitrogens with zero attached hydrogens (tertiary/aromatic N) is 1. The number of ketones is 2. The minimum atomic E-state index is -1.14. The van der Waals surface area contributed by atoms with Crippen molar-refractivity contribution >= 4 is 17.3 Å². The summed E-state index contributed by atoms with van der Waals surface area (Å²) in [7, 11) is 0. The van der Waals surface area contributed by atoms with E-state index in [0.29, 0.717) is 17.5 Å². The summed E-state index contributed by atoms with van der Waals surface area (Å²) >= 11 is 0. The molecule has 2 atom stereocenters. The van der Waals surface area contributed by atoms with Crippen LogP contribution in [0.3, 0.4) is 0 Å². The lowest BCUT2D eigenvalue weighted by Gasteiger charge is -2.36. The van der Waals surface area contributed by atoms with E-state index in [1.807, 2.05) is 78.9 Å². The van der Waals surface area contributed by atoms with Crippen LogP contribution in [0.15, 0.2) is 97.6 Å². The van der Waals surface area contributed by atoms with Crippen molar-refractivity contribution in [1.82, 2.24) is 0 Å². The van der Waals surface area contributed by atoms with Gasteiger partial charge in [-0.2, -0.15) is 0 Å². The number of fused-ring (bicyclic) bond motifs is 1. The number of anilines is 1. The second kappa shape index (κ2) is 6.56. The van der Waals surface area contributed by atoms with Gasteiger partial charge in [0.1, 0.15) is 5.41 Å². The summed E-state index contributed by atoms with van der Waals surface area (Å²) in [5.74, 6) is -0.144. The number of hydrogen-bond acceptors (Lipinski definition) is 3. The van der Waals surface area contributed by atoms with E-state index >= 15 is 0 Å². The molecule has 3 nitrogen and oxygen atoms in total. The van der Waals surface area contributed by atoms with Crippen LogP contribution in [0.25, 0.3) is 0 Å². The van der Waals surface area contributed by atoms with E-state index in [4.69, 9.17) is 0 Å². The second-order valence-electron chi connectivity index (χ2n) is 7.74. The lowest BCUT2D eigenvalue weighted by atomic mass is 9.72. The van der Waals surface area contributed by atoms with Gasteiger partial charge in [0.2, 0.25) is 0 Å². The largest absolute Gasteiger partial charge is 0.356 e. The van der Waals surface area contributed by atoms with E-state index in [1.54, 1.807) is 12.1 Å². The van der Waals surface area contributed by atoms with Crippen LogP contribution in [0.1, 0.15) is 38.7 Å². The van der Waals surface area contributed by atoms with Gasteiger partial charge in [-0.3, -0.25) is 9.59 Å². The summed E-state index contributed by atoms with van der Waals surface area (Å²) in [6, 6.07) is 26.6. The van der Waals surface area contributed by atoms with Crippen molar-refractivity contribution in [3.63, 3.8) is 0 Å². The molecule has 0 aromatic heterocycles. The molecule has 3 aromatic rings. The van der Waals surface area contributed by atoms with Gasteiger partial charge in [0, 0.05) is 22.9 Å². The van der Waals surface area contributed by atoms with E-state index < -0.39 is 5.41 Å². The molecule has 0 amide bonds. The second-order valence-corrected chi connectivity index (χ2v) is 7.74. The van der Waals surface area contributed by atoms with E-state index in [-0.39, 0.29) is 23.7 Å². The van der Waals surface area contributed by atoms with Crippen molar-refractivity contribution in [2.75, 3.05) is 4.90 Å². The molecule has 2 aliphatic rings. The quantitative estimate of drug-likeness (QED) is 0.460. The summed E-state index contributed by atoms with van der Waals surface area (Å²) in [6.45, 7) is 4.04. The Morgan fingerprint density at radius 1 is 0.793 bits per heavy atom. The monoisotopic (exact) mass is 379 g/mol. The third-order valence-corrected chi connectivity index (χ3v) is 6.30. The molecule has 1 aliphatic heterocycles.